The Morgan fingerprint density at radius 3 is 2.36 bits per heavy atom. The molecule has 1 aliphatic rings. The molecule has 132 valence electrons. The van der Waals surface area contributed by atoms with E-state index >= 15 is 0 Å². The van der Waals surface area contributed by atoms with Crippen LogP contribution in [-0.2, 0) is 0 Å². The zero-order valence-corrected chi connectivity index (χ0v) is 14.7. The molecule has 0 N–H and O–H groups in total. The first-order valence-corrected chi connectivity index (χ1v) is 8.19. The lowest BCUT2D eigenvalue weighted by Gasteiger charge is -2.35. The van der Waals surface area contributed by atoms with Crippen molar-refractivity contribution in [1.82, 2.24) is 15.1 Å². The Kier molecular flexibility index (Phi) is 5.02. The molecule has 25 heavy (non-hydrogen) atoms. The topological polar surface area (TPSA) is 67.8 Å². The van der Waals surface area contributed by atoms with Crippen molar-refractivity contribution in [3.8, 4) is 11.5 Å². The number of amides is 1. The van der Waals surface area contributed by atoms with Gasteiger partial charge in [-0.15, -0.1) is 5.10 Å². The molecule has 0 atom stereocenters. The average molecular weight is 342 g/mol. The van der Waals surface area contributed by atoms with Gasteiger partial charge in [-0.05, 0) is 31.2 Å². The molecule has 3 rings (SSSR count). The van der Waals surface area contributed by atoms with E-state index in [9.17, 15) is 4.79 Å². The monoisotopic (exact) mass is 342 g/mol. The average Bonchev–Trinajstić information content (AvgIpc) is 2.67. The van der Waals surface area contributed by atoms with E-state index in [1.807, 2.05) is 24.0 Å². The van der Waals surface area contributed by atoms with E-state index in [0.717, 1.165) is 24.6 Å². The van der Waals surface area contributed by atoms with E-state index < -0.39 is 0 Å². The highest BCUT2D eigenvalue weighted by atomic mass is 16.5. The largest absolute Gasteiger partial charge is 0.493 e. The summed E-state index contributed by atoms with van der Waals surface area (Å²) in [6.45, 7) is 4.59. The number of ether oxygens (including phenoxy) is 2. The number of carbonyl (C=O) groups is 1. The Balaban J connectivity index is 1.71. The standard InChI is InChI=1S/C18H22N4O3/c1-13-7-8-16(20-19-13)21-9-11-22(12-10-21)18(23)14-5-4-6-15(24-2)17(14)25-3/h4-8H,9-12H2,1-3H3. The van der Waals surface area contributed by atoms with Crippen molar-refractivity contribution in [2.45, 2.75) is 6.92 Å². The van der Waals surface area contributed by atoms with Crippen molar-refractivity contribution in [3.63, 3.8) is 0 Å². The number of hydrogen-bond acceptors (Lipinski definition) is 6. The number of para-hydroxylation sites is 1. The molecule has 0 radical (unpaired) electrons. The van der Waals surface area contributed by atoms with Gasteiger partial charge < -0.3 is 19.3 Å². The molecule has 7 heteroatoms. The highest BCUT2D eigenvalue weighted by molar-refractivity contribution is 5.98. The summed E-state index contributed by atoms with van der Waals surface area (Å²) in [7, 11) is 3.11. The second-order valence-electron chi connectivity index (χ2n) is 5.85. The summed E-state index contributed by atoms with van der Waals surface area (Å²) in [5.41, 5.74) is 1.41. The van der Waals surface area contributed by atoms with E-state index in [1.165, 1.54) is 0 Å². The first-order valence-electron chi connectivity index (χ1n) is 8.19. The number of anilines is 1. The minimum atomic E-state index is -0.0506. The van der Waals surface area contributed by atoms with Crippen molar-refractivity contribution in [1.29, 1.82) is 0 Å². The number of rotatable bonds is 4. The molecule has 1 saturated heterocycles. The molecule has 7 nitrogen and oxygen atoms in total. The molecule has 0 unspecified atom stereocenters. The Labute approximate surface area is 147 Å². The fraction of sp³-hybridized carbons (Fsp3) is 0.389. The highest BCUT2D eigenvalue weighted by Gasteiger charge is 2.26. The van der Waals surface area contributed by atoms with Crippen molar-refractivity contribution in [3.05, 3.63) is 41.6 Å². The zero-order valence-electron chi connectivity index (χ0n) is 14.7. The Morgan fingerprint density at radius 2 is 1.76 bits per heavy atom. The van der Waals surface area contributed by atoms with Gasteiger partial charge >= 0.3 is 0 Å². The fourth-order valence-electron chi connectivity index (χ4n) is 2.93. The third-order valence-corrected chi connectivity index (χ3v) is 4.31. The summed E-state index contributed by atoms with van der Waals surface area (Å²) >= 11 is 0. The molecule has 1 aromatic carbocycles. The molecule has 0 aliphatic carbocycles. The Hall–Kier alpha value is -2.83. The summed E-state index contributed by atoms with van der Waals surface area (Å²) in [6.07, 6.45) is 0. The minimum absolute atomic E-state index is 0.0506. The number of aryl methyl sites for hydroxylation is 1. The van der Waals surface area contributed by atoms with E-state index in [1.54, 1.807) is 32.4 Å². The third-order valence-electron chi connectivity index (χ3n) is 4.31. The van der Waals surface area contributed by atoms with Gasteiger partial charge in [0, 0.05) is 26.2 Å². The number of benzene rings is 1. The number of hydrogen-bond donors (Lipinski definition) is 0. The van der Waals surface area contributed by atoms with Crippen molar-refractivity contribution in [2.75, 3.05) is 45.3 Å². The molecule has 1 aromatic heterocycles. The lowest BCUT2D eigenvalue weighted by atomic mass is 10.1. The van der Waals surface area contributed by atoms with Crippen molar-refractivity contribution < 1.29 is 14.3 Å². The molecule has 1 fully saturated rings. The van der Waals surface area contributed by atoms with Crippen LogP contribution in [-0.4, -0.2) is 61.4 Å². The molecule has 1 aliphatic heterocycles. The lowest BCUT2D eigenvalue weighted by Crippen LogP contribution is -2.49. The van der Waals surface area contributed by atoms with Crippen LogP contribution in [0.2, 0.25) is 0 Å². The smallest absolute Gasteiger partial charge is 0.257 e. The summed E-state index contributed by atoms with van der Waals surface area (Å²) in [4.78, 5) is 16.8. The van der Waals surface area contributed by atoms with Crippen molar-refractivity contribution >= 4 is 11.7 Å². The molecular weight excluding hydrogens is 320 g/mol. The summed E-state index contributed by atoms with van der Waals surface area (Å²) in [5.74, 6) is 1.82. The summed E-state index contributed by atoms with van der Waals surface area (Å²) < 4.78 is 10.7. The normalized spacial score (nSPS) is 14.4. The second-order valence-corrected chi connectivity index (χ2v) is 5.85. The third kappa shape index (κ3) is 3.50. The van der Waals surface area contributed by atoms with Crippen LogP contribution < -0.4 is 14.4 Å². The lowest BCUT2D eigenvalue weighted by molar-refractivity contribution is 0.0742. The molecule has 2 aromatic rings. The van der Waals surface area contributed by atoms with Crippen molar-refractivity contribution in [2.24, 2.45) is 0 Å². The van der Waals surface area contributed by atoms with E-state index in [2.05, 4.69) is 15.1 Å². The van der Waals surface area contributed by atoms with Crippen LogP contribution in [0.25, 0.3) is 0 Å². The van der Waals surface area contributed by atoms with E-state index in [4.69, 9.17) is 9.47 Å². The predicted octanol–water partition coefficient (Wildman–Crippen LogP) is 1.76. The van der Waals surface area contributed by atoms with Gasteiger partial charge in [0.05, 0.1) is 25.5 Å². The number of nitrogens with zero attached hydrogens (tertiary/aromatic N) is 4. The molecule has 0 spiro atoms. The van der Waals surface area contributed by atoms with Crippen LogP contribution in [0.1, 0.15) is 16.1 Å². The zero-order chi connectivity index (χ0) is 17.8. The maximum Gasteiger partial charge on any atom is 0.257 e. The Bertz CT molecular complexity index is 740. The predicted molar refractivity (Wildman–Crippen MR) is 94.4 cm³/mol. The van der Waals surface area contributed by atoms with E-state index in [0.29, 0.717) is 30.2 Å². The molecular formula is C18H22N4O3. The SMILES string of the molecule is COc1cccc(C(=O)N2CCN(c3ccc(C)nn3)CC2)c1OC. The van der Waals surface area contributed by atoms with Gasteiger partial charge in [-0.3, -0.25) is 4.79 Å². The fourth-order valence-corrected chi connectivity index (χ4v) is 2.93. The molecule has 1 amide bonds. The van der Waals surface area contributed by atoms with Crippen LogP contribution >= 0.6 is 0 Å². The van der Waals surface area contributed by atoms with Crippen LogP contribution in [0, 0.1) is 6.92 Å². The maximum atomic E-state index is 12.9. The number of carbonyl (C=O) groups excluding carboxylic acids is 1. The molecule has 2 heterocycles. The number of methoxy groups -OCH3 is 2. The molecule has 0 saturated carbocycles. The maximum absolute atomic E-state index is 12.9. The number of piperazine rings is 1. The highest BCUT2D eigenvalue weighted by Crippen LogP contribution is 2.31. The van der Waals surface area contributed by atoms with Gasteiger partial charge in [0.1, 0.15) is 0 Å². The molecule has 0 bridgehead atoms. The number of aromatic nitrogens is 2. The first-order chi connectivity index (χ1) is 12.1. The van der Waals surface area contributed by atoms with Crippen LogP contribution in [0.3, 0.4) is 0 Å². The van der Waals surface area contributed by atoms with Gasteiger partial charge in [0.25, 0.3) is 5.91 Å². The van der Waals surface area contributed by atoms with Crippen LogP contribution in [0.4, 0.5) is 5.82 Å². The van der Waals surface area contributed by atoms with Crippen LogP contribution in [0.5, 0.6) is 11.5 Å². The van der Waals surface area contributed by atoms with Gasteiger partial charge in [-0.1, -0.05) is 6.07 Å². The first kappa shape index (κ1) is 17.0. The summed E-state index contributed by atoms with van der Waals surface area (Å²) in [6, 6.07) is 9.25. The minimum Gasteiger partial charge on any atom is -0.493 e. The van der Waals surface area contributed by atoms with Gasteiger partial charge in [0.2, 0.25) is 0 Å². The summed E-state index contributed by atoms with van der Waals surface area (Å²) in [5, 5.41) is 8.31. The Morgan fingerprint density at radius 1 is 1.00 bits per heavy atom. The quantitative estimate of drug-likeness (QED) is 0.843. The van der Waals surface area contributed by atoms with Gasteiger partial charge in [0.15, 0.2) is 17.3 Å². The van der Waals surface area contributed by atoms with E-state index in [-0.39, 0.29) is 5.91 Å². The van der Waals surface area contributed by atoms with Crippen LogP contribution in [0.15, 0.2) is 30.3 Å². The second kappa shape index (κ2) is 7.38. The van der Waals surface area contributed by atoms with Gasteiger partial charge in [-0.2, -0.15) is 5.10 Å². The van der Waals surface area contributed by atoms with Gasteiger partial charge in [-0.25, -0.2) is 0 Å².